The third kappa shape index (κ3) is 2.90. The van der Waals surface area contributed by atoms with E-state index in [-0.39, 0.29) is 5.82 Å². The second kappa shape index (κ2) is 6.69. The SMILES string of the molecule is Cn1cc(-c2cc3c(cc2-c2nccs2)C=NCN3c2cccc(F)c2)cn1. The number of rotatable bonds is 3. The molecule has 4 aromatic rings. The standard InChI is InChI=1S/C21H16FN5S/c1-26-12-15(11-25-26)18-9-20-14(7-19(18)21-24-5-6-28-21)10-23-13-27(20)17-4-2-3-16(22)8-17/h2-12H,13H2,1H3. The lowest BCUT2D eigenvalue weighted by Crippen LogP contribution is -2.22. The van der Waals surface area contributed by atoms with E-state index >= 15 is 0 Å². The summed E-state index contributed by atoms with van der Waals surface area (Å²) >= 11 is 1.60. The third-order valence-corrected chi connectivity index (χ3v) is 5.52. The molecule has 0 amide bonds. The normalized spacial score (nSPS) is 13.0. The van der Waals surface area contributed by atoms with Crippen molar-refractivity contribution in [3.63, 3.8) is 0 Å². The maximum absolute atomic E-state index is 13.8. The van der Waals surface area contributed by atoms with Gasteiger partial charge in [-0.3, -0.25) is 9.67 Å². The highest BCUT2D eigenvalue weighted by Gasteiger charge is 2.21. The van der Waals surface area contributed by atoms with Gasteiger partial charge < -0.3 is 4.90 Å². The zero-order valence-corrected chi connectivity index (χ0v) is 15.9. The summed E-state index contributed by atoms with van der Waals surface area (Å²) in [6.07, 6.45) is 7.51. The zero-order chi connectivity index (χ0) is 19.1. The molecule has 28 heavy (non-hydrogen) atoms. The Morgan fingerprint density at radius 1 is 1.14 bits per heavy atom. The van der Waals surface area contributed by atoms with Gasteiger partial charge in [0.1, 0.15) is 17.5 Å². The van der Waals surface area contributed by atoms with Crippen molar-refractivity contribution in [3.8, 4) is 21.7 Å². The summed E-state index contributed by atoms with van der Waals surface area (Å²) in [7, 11) is 1.90. The first-order valence-electron chi connectivity index (χ1n) is 8.79. The van der Waals surface area contributed by atoms with Crippen LogP contribution in [0.15, 0.2) is 65.4 Å². The largest absolute Gasteiger partial charge is 0.321 e. The third-order valence-electron chi connectivity index (χ3n) is 4.71. The minimum Gasteiger partial charge on any atom is -0.321 e. The fraction of sp³-hybridized carbons (Fsp3) is 0.0952. The van der Waals surface area contributed by atoms with Gasteiger partial charge in [0, 0.05) is 53.4 Å². The van der Waals surface area contributed by atoms with Gasteiger partial charge in [-0.25, -0.2) is 9.37 Å². The molecule has 0 radical (unpaired) electrons. The molecular weight excluding hydrogens is 373 g/mol. The van der Waals surface area contributed by atoms with Crippen molar-refractivity contribution >= 4 is 28.9 Å². The summed E-state index contributed by atoms with van der Waals surface area (Å²) < 4.78 is 15.6. The molecule has 0 atom stereocenters. The first-order chi connectivity index (χ1) is 13.7. The van der Waals surface area contributed by atoms with Crippen molar-refractivity contribution in [2.75, 3.05) is 11.6 Å². The van der Waals surface area contributed by atoms with Crippen LogP contribution in [-0.2, 0) is 7.05 Å². The van der Waals surface area contributed by atoms with E-state index in [1.54, 1.807) is 28.3 Å². The molecule has 7 heteroatoms. The highest BCUT2D eigenvalue weighted by atomic mass is 32.1. The Morgan fingerprint density at radius 2 is 2.07 bits per heavy atom. The lowest BCUT2D eigenvalue weighted by atomic mass is 9.97. The van der Waals surface area contributed by atoms with E-state index in [1.165, 1.54) is 12.1 Å². The fourth-order valence-electron chi connectivity index (χ4n) is 3.44. The number of hydrogen-bond acceptors (Lipinski definition) is 5. The summed E-state index contributed by atoms with van der Waals surface area (Å²) in [6, 6.07) is 10.8. The molecule has 5 nitrogen and oxygen atoms in total. The highest BCUT2D eigenvalue weighted by Crippen LogP contribution is 2.40. The molecular formula is C21H16FN5S. The average Bonchev–Trinajstić information content (AvgIpc) is 3.38. The Bertz CT molecular complexity index is 1180. The van der Waals surface area contributed by atoms with Crippen LogP contribution < -0.4 is 4.90 Å². The number of nitrogens with zero attached hydrogens (tertiary/aromatic N) is 5. The van der Waals surface area contributed by atoms with Crippen LogP contribution in [0.25, 0.3) is 21.7 Å². The molecule has 0 saturated heterocycles. The maximum atomic E-state index is 13.8. The summed E-state index contributed by atoms with van der Waals surface area (Å²) in [5, 5.41) is 7.24. The Morgan fingerprint density at radius 3 is 2.82 bits per heavy atom. The molecule has 0 unspecified atom stereocenters. The van der Waals surface area contributed by atoms with Gasteiger partial charge in [0.2, 0.25) is 0 Å². The Kier molecular flexibility index (Phi) is 4.02. The van der Waals surface area contributed by atoms with Crippen molar-refractivity contribution in [3.05, 3.63) is 71.7 Å². The molecule has 0 bridgehead atoms. The van der Waals surface area contributed by atoms with E-state index in [9.17, 15) is 4.39 Å². The predicted molar refractivity (Wildman–Crippen MR) is 111 cm³/mol. The van der Waals surface area contributed by atoms with Crippen LogP contribution >= 0.6 is 11.3 Å². The second-order valence-corrected chi connectivity index (χ2v) is 7.45. The molecule has 1 aliphatic heterocycles. The Hall–Kier alpha value is -3.32. The van der Waals surface area contributed by atoms with Crippen LogP contribution in [0, 0.1) is 5.82 Å². The van der Waals surface area contributed by atoms with Gasteiger partial charge in [0.15, 0.2) is 0 Å². The minimum atomic E-state index is -0.263. The van der Waals surface area contributed by atoms with E-state index in [4.69, 9.17) is 0 Å². The molecule has 3 heterocycles. The highest BCUT2D eigenvalue weighted by molar-refractivity contribution is 7.13. The first kappa shape index (κ1) is 16.8. The average molecular weight is 389 g/mol. The molecule has 0 fully saturated rings. The van der Waals surface area contributed by atoms with Crippen molar-refractivity contribution in [2.45, 2.75) is 0 Å². The van der Waals surface area contributed by atoms with Crippen molar-refractivity contribution in [2.24, 2.45) is 12.0 Å². The molecule has 0 aliphatic carbocycles. The van der Waals surface area contributed by atoms with Crippen LogP contribution in [0.2, 0.25) is 0 Å². The summed E-state index contributed by atoms with van der Waals surface area (Å²) in [5.74, 6) is -0.263. The van der Waals surface area contributed by atoms with E-state index < -0.39 is 0 Å². The lowest BCUT2D eigenvalue weighted by molar-refractivity contribution is 0.627. The van der Waals surface area contributed by atoms with Crippen molar-refractivity contribution < 1.29 is 4.39 Å². The molecule has 2 aromatic heterocycles. The van der Waals surface area contributed by atoms with Crippen LogP contribution in [0.1, 0.15) is 5.56 Å². The number of thiazole rings is 1. The van der Waals surface area contributed by atoms with Gasteiger partial charge >= 0.3 is 0 Å². The van der Waals surface area contributed by atoms with E-state index in [0.717, 1.165) is 38.6 Å². The van der Waals surface area contributed by atoms with Crippen molar-refractivity contribution in [1.29, 1.82) is 0 Å². The zero-order valence-electron chi connectivity index (χ0n) is 15.1. The smallest absolute Gasteiger partial charge is 0.125 e. The van der Waals surface area contributed by atoms with E-state index in [0.29, 0.717) is 6.67 Å². The van der Waals surface area contributed by atoms with Crippen LogP contribution in [0.3, 0.4) is 0 Å². The number of fused-ring (bicyclic) bond motifs is 1. The molecule has 0 spiro atoms. The number of hydrogen-bond donors (Lipinski definition) is 0. The van der Waals surface area contributed by atoms with Gasteiger partial charge in [-0.2, -0.15) is 5.10 Å². The number of benzene rings is 2. The molecule has 1 aliphatic rings. The molecule has 5 rings (SSSR count). The first-order valence-corrected chi connectivity index (χ1v) is 9.67. The fourth-order valence-corrected chi connectivity index (χ4v) is 4.10. The summed E-state index contributed by atoms with van der Waals surface area (Å²) in [5.41, 5.74) is 5.83. The van der Waals surface area contributed by atoms with Gasteiger partial charge in [-0.05, 0) is 35.9 Å². The van der Waals surface area contributed by atoms with Crippen LogP contribution in [0.5, 0.6) is 0 Å². The van der Waals surface area contributed by atoms with Crippen molar-refractivity contribution in [1.82, 2.24) is 14.8 Å². The second-order valence-electron chi connectivity index (χ2n) is 6.56. The minimum absolute atomic E-state index is 0.263. The predicted octanol–water partition coefficient (Wildman–Crippen LogP) is 4.88. The van der Waals surface area contributed by atoms with Gasteiger partial charge in [-0.15, -0.1) is 11.3 Å². The van der Waals surface area contributed by atoms with E-state index in [1.807, 2.05) is 42.0 Å². The number of aliphatic imine (C=N–C) groups is 1. The van der Waals surface area contributed by atoms with Gasteiger partial charge in [0.05, 0.1) is 11.9 Å². The van der Waals surface area contributed by atoms with E-state index in [2.05, 4.69) is 27.2 Å². The monoisotopic (exact) mass is 389 g/mol. The topological polar surface area (TPSA) is 46.3 Å². The van der Waals surface area contributed by atoms with Gasteiger partial charge in [-0.1, -0.05) is 6.07 Å². The summed E-state index contributed by atoms with van der Waals surface area (Å²) in [6.45, 7) is 0.444. The maximum Gasteiger partial charge on any atom is 0.125 e. The Labute approximate surface area is 165 Å². The quantitative estimate of drug-likeness (QED) is 0.502. The molecule has 0 saturated carbocycles. The van der Waals surface area contributed by atoms with Crippen LogP contribution in [-0.4, -0.2) is 27.6 Å². The van der Waals surface area contributed by atoms with Crippen LogP contribution in [0.4, 0.5) is 15.8 Å². The van der Waals surface area contributed by atoms with Gasteiger partial charge in [0.25, 0.3) is 0 Å². The number of aromatic nitrogens is 3. The summed E-state index contributed by atoms with van der Waals surface area (Å²) in [4.78, 5) is 11.0. The molecule has 0 N–H and O–H groups in total. The number of anilines is 2. The molecule has 2 aromatic carbocycles. The molecule has 138 valence electrons. The lowest BCUT2D eigenvalue weighted by Gasteiger charge is -2.28. The Balaban J connectivity index is 1.72. The number of aryl methyl sites for hydroxylation is 1. The number of halogens is 1.